The summed E-state index contributed by atoms with van der Waals surface area (Å²) in [6.07, 6.45) is 7.03. The molecule has 0 bridgehead atoms. The van der Waals surface area contributed by atoms with E-state index in [1.165, 1.54) is 25.7 Å². The van der Waals surface area contributed by atoms with Gasteiger partial charge in [-0.3, -0.25) is 4.68 Å². The number of halogens is 2. The van der Waals surface area contributed by atoms with Crippen molar-refractivity contribution in [2.45, 2.75) is 44.2 Å². The number of nitrogens with zero attached hydrogens (tertiary/aromatic N) is 2. The molecular formula is C16H18ClIN2O. The normalized spacial score (nSPS) is 17.3. The van der Waals surface area contributed by atoms with Gasteiger partial charge in [-0.15, -0.1) is 0 Å². The SMILES string of the molecule is OC(Cc1ccn(C2CCCC2)n1)c1ccc(I)c(Cl)c1. The standard InChI is InChI=1S/C16H18ClIN2O/c17-14-9-11(5-6-15(14)18)16(21)10-12-7-8-20(19-12)13-3-1-2-4-13/h5-9,13,16,21H,1-4,10H2. The maximum absolute atomic E-state index is 10.4. The lowest BCUT2D eigenvalue weighted by Gasteiger charge is -2.11. The molecule has 1 aromatic carbocycles. The Morgan fingerprint density at radius 1 is 1.33 bits per heavy atom. The lowest BCUT2D eigenvalue weighted by Crippen LogP contribution is -2.07. The number of hydrogen-bond donors (Lipinski definition) is 1. The maximum Gasteiger partial charge on any atom is 0.0846 e. The lowest BCUT2D eigenvalue weighted by molar-refractivity contribution is 0.177. The Bertz CT molecular complexity index is 622. The van der Waals surface area contributed by atoms with E-state index in [2.05, 4.69) is 32.4 Å². The van der Waals surface area contributed by atoms with E-state index in [-0.39, 0.29) is 0 Å². The monoisotopic (exact) mass is 416 g/mol. The molecule has 1 atom stereocenters. The van der Waals surface area contributed by atoms with E-state index >= 15 is 0 Å². The van der Waals surface area contributed by atoms with Crippen LogP contribution in [0.25, 0.3) is 0 Å². The summed E-state index contributed by atoms with van der Waals surface area (Å²) in [5.74, 6) is 0. The Morgan fingerprint density at radius 2 is 2.10 bits per heavy atom. The Morgan fingerprint density at radius 3 is 2.81 bits per heavy atom. The highest BCUT2D eigenvalue weighted by molar-refractivity contribution is 14.1. The van der Waals surface area contributed by atoms with Gasteiger partial charge in [0.15, 0.2) is 0 Å². The van der Waals surface area contributed by atoms with Gasteiger partial charge in [-0.2, -0.15) is 5.10 Å². The molecule has 0 spiro atoms. The fraction of sp³-hybridized carbons (Fsp3) is 0.438. The zero-order valence-corrected chi connectivity index (χ0v) is 14.6. The topological polar surface area (TPSA) is 38.0 Å². The van der Waals surface area contributed by atoms with Crippen molar-refractivity contribution in [2.75, 3.05) is 0 Å². The molecule has 0 amide bonds. The predicted molar refractivity (Wildman–Crippen MR) is 92.6 cm³/mol. The van der Waals surface area contributed by atoms with Gasteiger partial charge >= 0.3 is 0 Å². The molecule has 1 saturated carbocycles. The number of benzene rings is 1. The van der Waals surface area contributed by atoms with E-state index in [9.17, 15) is 5.11 Å². The second-order valence-corrected chi connectivity index (χ2v) is 7.19. The molecule has 2 aromatic rings. The van der Waals surface area contributed by atoms with Gasteiger partial charge in [0.25, 0.3) is 0 Å². The van der Waals surface area contributed by atoms with Crippen molar-refractivity contribution in [3.05, 3.63) is 50.3 Å². The molecule has 0 saturated heterocycles. The van der Waals surface area contributed by atoms with Crippen LogP contribution in [0.2, 0.25) is 5.02 Å². The number of aliphatic hydroxyl groups excluding tert-OH is 1. The van der Waals surface area contributed by atoms with E-state index in [1.807, 2.05) is 30.5 Å². The molecule has 1 aliphatic rings. The first-order valence-corrected chi connectivity index (χ1v) is 8.76. The highest BCUT2D eigenvalue weighted by atomic mass is 127. The molecule has 1 unspecified atom stereocenters. The van der Waals surface area contributed by atoms with Crippen LogP contribution in [0.4, 0.5) is 0 Å². The molecule has 21 heavy (non-hydrogen) atoms. The summed E-state index contributed by atoms with van der Waals surface area (Å²) in [4.78, 5) is 0. The second-order valence-electron chi connectivity index (χ2n) is 5.62. The zero-order chi connectivity index (χ0) is 14.8. The summed E-state index contributed by atoms with van der Waals surface area (Å²) >= 11 is 8.30. The van der Waals surface area contributed by atoms with Crippen molar-refractivity contribution in [2.24, 2.45) is 0 Å². The van der Waals surface area contributed by atoms with E-state index in [4.69, 9.17) is 11.6 Å². The fourth-order valence-corrected chi connectivity index (χ4v) is 3.42. The third-order valence-corrected chi connectivity index (χ3v) is 5.67. The van der Waals surface area contributed by atoms with E-state index in [0.717, 1.165) is 14.8 Å². The van der Waals surface area contributed by atoms with Gasteiger partial charge in [-0.1, -0.05) is 30.5 Å². The van der Waals surface area contributed by atoms with Gasteiger partial charge in [-0.25, -0.2) is 0 Å². The highest BCUT2D eigenvalue weighted by Gasteiger charge is 2.18. The van der Waals surface area contributed by atoms with Crippen LogP contribution in [-0.4, -0.2) is 14.9 Å². The van der Waals surface area contributed by atoms with E-state index in [1.54, 1.807) is 0 Å². The molecule has 3 rings (SSSR count). The molecule has 1 aliphatic carbocycles. The third kappa shape index (κ3) is 3.60. The summed E-state index contributed by atoms with van der Waals surface area (Å²) in [6.45, 7) is 0. The van der Waals surface area contributed by atoms with Crippen molar-refractivity contribution in [1.82, 2.24) is 9.78 Å². The zero-order valence-electron chi connectivity index (χ0n) is 11.7. The molecule has 1 heterocycles. The summed E-state index contributed by atoms with van der Waals surface area (Å²) in [7, 11) is 0. The maximum atomic E-state index is 10.4. The van der Waals surface area contributed by atoms with Gasteiger partial charge in [-0.05, 0) is 59.2 Å². The molecule has 1 aromatic heterocycles. The van der Waals surface area contributed by atoms with Crippen molar-refractivity contribution in [3.63, 3.8) is 0 Å². The Labute approximate surface area is 143 Å². The van der Waals surface area contributed by atoms with Crippen LogP contribution in [0.1, 0.15) is 49.1 Å². The average Bonchev–Trinajstić information content (AvgIpc) is 3.12. The van der Waals surface area contributed by atoms with Crippen molar-refractivity contribution < 1.29 is 5.11 Å². The third-order valence-electron chi connectivity index (χ3n) is 4.09. The first-order valence-electron chi connectivity index (χ1n) is 7.30. The molecule has 1 fully saturated rings. The molecule has 5 heteroatoms. The van der Waals surface area contributed by atoms with Crippen LogP contribution in [0, 0.1) is 3.57 Å². The van der Waals surface area contributed by atoms with Gasteiger partial charge in [0.05, 0.1) is 22.9 Å². The average molecular weight is 417 g/mol. The number of hydrogen-bond acceptors (Lipinski definition) is 2. The van der Waals surface area contributed by atoms with Crippen LogP contribution in [0.3, 0.4) is 0 Å². The summed E-state index contributed by atoms with van der Waals surface area (Å²) in [5, 5.41) is 15.7. The quantitative estimate of drug-likeness (QED) is 0.744. The molecule has 0 radical (unpaired) electrons. The van der Waals surface area contributed by atoms with Crippen LogP contribution in [0.5, 0.6) is 0 Å². The van der Waals surface area contributed by atoms with Gasteiger partial charge in [0.2, 0.25) is 0 Å². The van der Waals surface area contributed by atoms with Crippen LogP contribution in [0.15, 0.2) is 30.5 Å². The van der Waals surface area contributed by atoms with Gasteiger partial charge in [0, 0.05) is 16.2 Å². The highest BCUT2D eigenvalue weighted by Crippen LogP contribution is 2.29. The molecule has 0 aliphatic heterocycles. The van der Waals surface area contributed by atoms with E-state index < -0.39 is 6.10 Å². The van der Waals surface area contributed by atoms with Crippen LogP contribution >= 0.6 is 34.2 Å². The van der Waals surface area contributed by atoms with Crippen molar-refractivity contribution >= 4 is 34.2 Å². The predicted octanol–water partition coefficient (Wildman–Crippen LogP) is 4.53. The van der Waals surface area contributed by atoms with Crippen molar-refractivity contribution in [3.8, 4) is 0 Å². The second kappa shape index (κ2) is 6.67. The molecule has 1 N–H and O–H groups in total. The number of rotatable bonds is 4. The largest absolute Gasteiger partial charge is 0.388 e. The smallest absolute Gasteiger partial charge is 0.0846 e. The Kier molecular flexibility index (Phi) is 4.86. The van der Waals surface area contributed by atoms with Gasteiger partial charge < -0.3 is 5.11 Å². The minimum Gasteiger partial charge on any atom is -0.388 e. The molecule has 112 valence electrons. The molecular weight excluding hydrogens is 399 g/mol. The summed E-state index contributed by atoms with van der Waals surface area (Å²) in [5.41, 5.74) is 1.78. The number of aliphatic hydroxyl groups is 1. The fourth-order valence-electron chi connectivity index (χ4n) is 2.89. The minimum absolute atomic E-state index is 0.524. The Hall–Kier alpha value is -0.590. The minimum atomic E-state index is -0.563. The first kappa shape index (κ1) is 15.3. The first-order chi connectivity index (χ1) is 10.1. The summed E-state index contributed by atoms with van der Waals surface area (Å²) < 4.78 is 3.06. The van der Waals surface area contributed by atoms with Crippen molar-refractivity contribution in [1.29, 1.82) is 0 Å². The van der Waals surface area contributed by atoms with Crippen LogP contribution < -0.4 is 0 Å². The van der Waals surface area contributed by atoms with Crippen LogP contribution in [-0.2, 0) is 6.42 Å². The van der Waals surface area contributed by atoms with Gasteiger partial charge in [0.1, 0.15) is 0 Å². The van der Waals surface area contributed by atoms with E-state index in [0.29, 0.717) is 17.5 Å². The Balaban J connectivity index is 1.69. The lowest BCUT2D eigenvalue weighted by atomic mass is 10.1. The number of aromatic nitrogens is 2. The summed E-state index contributed by atoms with van der Waals surface area (Å²) in [6, 6.07) is 8.24. The molecule has 3 nitrogen and oxygen atoms in total.